The minimum atomic E-state index is 0.808. The van der Waals surface area contributed by atoms with Gasteiger partial charge in [-0.2, -0.15) is 10.2 Å². The quantitative estimate of drug-likeness (QED) is 0.560. The first-order valence-corrected chi connectivity index (χ1v) is 9.42. The third kappa shape index (κ3) is 5.18. The number of benzene rings is 2. The minimum absolute atomic E-state index is 0.808. The van der Waals surface area contributed by atoms with Gasteiger partial charge in [0.25, 0.3) is 0 Å². The van der Waals surface area contributed by atoms with Crippen LogP contribution in [0.2, 0.25) is 0 Å². The first-order chi connectivity index (χ1) is 11.7. The number of halogens is 2. The predicted octanol–water partition coefficient (Wildman–Crippen LogP) is 6.02. The van der Waals surface area contributed by atoms with Crippen LogP contribution >= 0.6 is 31.9 Å². The van der Waals surface area contributed by atoms with E-state index in [2.05, 4.69) is 52.9 Å². The molecule has 0 atom stereocenters. The highest BCUT2D eigenvalue weighted by molar-refractivity contribution is 9.10. The Morgan fingerprint density at radius 1 is 0.750 bits per heavy atom. The summed E-state index contributed by atoms with van der Waals surface area (Å²) in [6, 6.07) is 16.0. The molecular formula is C18H18Br2N4. The second-order valence-electron chi connectivity index (χ2n) is 5.63. The summed E-state index contributed by atoms with van der Waals surface area (Å²) in [5.74, 6) is 0. The van der Waals surface area contributed by atoms with Crippen LogP contribution in [0.3, 0.4) is 0 Å². The molecule has 1 aliphatic rings. The van der Waals surface area contributed by atoms with Crippen molar-refractivity contribution in [1.82, 2.24) is 0 Å². The van der Waals surface area contributed by atoms with Crippen molar-refractivity contribution in [3.63, 3.8) is 0 Å². The Morgan fingerprint density at radius 3 is 1.71 bits per heavy atom. The van der Waals surface area contributed by atoms with Crippen molar-refractivity contribution in [3.8, 4) is 0 Å². The van der Waals surface area contributed by atoms with E-state index in [1.54, 1.807) is 0 Å². The lowest BCUT2D eigenvalue weighted by Crippen LogP contribution is -2.17. The summed E-state index contributed by atoms with van der Waals surface area (Å²) in [7, 11) is 0. The van der Waals surface area contributed by atoms with Crippen molar-refractivity contribution in [1.29, 1.82) is 0 Å². The van der Waals surface area contributed by atoms with Crippen LogP contribution in [0.4, 0.5) is 11.4 Å². The molecule has 6 heteroatoms. The number of hydrogen-bond donors (Lipinski definition) is 2. The topological polar surface area (TPSA) is 48.8 Å². The van der Waals surface area contributed by atoms with Crippen LogP contribution in [0.1, 0.15) is 25.7 Å². The smallest absolute Gasteiger partial charge is 0.0573 e. The summed E-state index contributed by atoms with van der Waals surface area (Å²) in [5, 5.41) is 9.09. The van der Waals surface area contributed by atoms with E-state index < -0.39 is 0 Å². The van der Waals surface area contributed by atoms with E-state index in [0.29, 0.717) is 0 Å². The van der Waals surface area contributed by atoms with Gasteiger partial charge in [0.15, 0.2) is 0 Å². The van der Waals surface area contributed by atoms with E-state index in [1.165, 1.54) is 0 Å². The number of nitrogens with zero attached hydrogens (tertiary/aromatic N) is 2. The molecule has 0 heterocycles. The van der Waals surface area contributed by atoms with Crippen molar-refractivity contribution in [2.24, 2.45) is 10.2 Å². The number of rotatable bonds is 4. The molecule has 0 bridgehead atoms. The van der Waals surface area contributed by atoms with E-state index in [-0.39, 0.29) is 0 Å². The Bertz CT molecular complexity index is 708. The van der Waals surface area contributed by atoms with E-state index >= 15 is 0 Å². The van der Waals surface area contributed by atoms with Gasteiger partial charge in [-0.3, -0.25) is 10.9 Å². The molecule has 1 aliphatic carbocycles. The zero-order valence-electron chi connectivity index (χ0n) is 13.1. The van der Waals surface area contributed by atoms with Gasteiger partial charge in [-0.1, -0.05) is 44.0 Å². The van der Waals surface area contributed by atoms with Crippen molar-refractivity contribution in [3.05, 3.63) is 57.5 Å². The summed E-state index contributed by atoms with van der Waals surface area (Å²) < 4.78 is 2.08. The average Bonchev–Trinajstić information content (AvgIpc) is 2.59. The monoisotopic (exact) mass is 448 g/mol. The molecule has 2 aromatic carbocycles. The van der Waals surface area contributed by atoms with Crippen LogP contribution in [0.5, 0.6) is 0 Å². The fourth-order valence-corrected chi connectivity index (χ4v) is 3.30. The van der Waals surface area contributed by atoms with Crippen LogP contribution in [0.15, 0.2) is 67.7 Å². The largest absolute Gasteiger partial charge is 0.279 e. The van der Waals surface area contributed by atoms with Crippen LogP contribution in [0.25, 0.3) is 0 Å². The summed E-state index contributed by atoms with van der Waals surface area (Å²) in [4.78, 5) is 0. The normalized spacial score (nSPS) is 17.9. The minimum Gasteiger partial charge on any atom is -0.279 e. The molecule has 4 nitrogen and oxygen atoms in total. The van der Waals surface area contributed by atoms with Crippen LogP contribution in [-0.2, 0) is 0 Å². The average molecular weight is 450 g/mol. The van der Waals surface area contributed by atoms with Gasteiger partial charge in [0.1, 0.15) is 0 Å². The third-order valence-corrected chi connectivity index (χ3v) is 4.66. The molecule has 3 rings (SSSR count). The number of anilines is 2. The summed E-state index contributed by atoms with van der Waals surface area (Å²) >= 11 is 6.93. The Balaban J connectivity index is 1.61. The number of nitrogens with one attached hydrogen (secondary N) is 2. The molecule has 1 saturated carbocycles. The van der Waals surface area contributed by atoms with Crippen molar-refractivity contribution >= 4 is 54.7 Å². The fourth-order valence-electron chi connectivity index (χ4n) is 2.50. The van der Waals surface area contributed by atoms with E-state index in [4.69, 9.17) is 0 Å². The van der Waals surface area contributed by atoms with Gasteiger partial charge in [-0.25, -0.2) is 0 Å². The van der Waals surface area contributed by atoms with Gasteiger partial charge in [0.05, 0.1) is 11.4 Å². The second-order valence-corrected chi connectivity index (χ2v) is 7.46. The zero-order valence-corrected chi connectivity index (χ0v) is 16.3. The molecule has 0 radical (unpaired) electrons. The van der Waals surface area contributed by atoms with Crippen LogP contribution in [0, 0.1) is 0 Å². The maximum Gasteiger partial charge on any atom is 0.0573 e. The number of hydrogen-bond acceptors (Lipinski definition) is 4. The molecular weight excluding hydrogens is 432 g/mol. The second kappa shape index (κ2) is 8.44. The molecule has 124 valence electrons. The van der Waals surface area contributed by atoms with Crippen molar-refractivity contribution < 1.29 is 0 Å². The lowest BCUT2D eigenvalue weighted by Gasteiger charge is -2.16. The third-order valence-electron chi connectivity index (χ3n) is 3.67. The predicted molar refractivity (Wildman–Crippen MR) is 109 cm³/mol. The molecule has 0 amide bonds. The molecule has 2 aromatic rings. The standard InChI is InChI=1S/C18H18Br2N4/c19-13-4-1-6-15(10-13)21-23-17-8-3-9-18(12-17)24-22-16-7-2-5-14(20)11-16/h1-2,4-7,10-11,21-22H,3,8-9,12H2/b23-17+,24-18+. The van der Waals surface area contributed by atoms with Crippen molar-refractivity contribution in [2.75, 3.05) is 10.9 Å². The van der Waals surface area contributed by atoms with E-state index in [9.17, 15) is 0 Å². The lowest BCUT2D eigenvalue weighted by molar-refractivity contribution is 0.867. The SMILES string of the molecule is Brc1cccc(N/N=C2\CCC/C(=N\Nc3cccc(Br)c3)C2)c1. The molecule has 0 aromatic heterocycles. The molecule has 0 aliphatic heterocycles. The van der Waals surface area contributed by atoms with Gasteiger partial charge in [0.2, 0.25) is 0 Å². The summed E-state index contributed by atoms with van der Waals surface area (Å²) in [6.07, 6.45) is 3.91. The number of hydrazone groups is 2. The van der Waals surface area contributed by atoms with Gasteiger partial charge in [0, 0.05) is 26.8 Å². The highest BCUT2D eigenvalue weighted by atomic mass is 79.9. The first-order valence-electron chi connectivity index (χ1n) is 7.83. The first kappa shape index (κ1) is 17.2. The summed E-state index contributed by atoms with van der Waals surface area (Å²) in [5.41, 5.74) is 10.5. The van der Waals surface area contributed by atoms with Crippen molar-refractivity contribution in [2.45, 2.75) is 25.7 Å². The molecule has 0 spiro atoms. The van der Waals surface area contributed by atoms with E-state index in [1.807, 2.05) is 48.5 Å². The fraction of sp³-hybridized carbons (Fsp3) is 0.222. The molecule has 1 fully saturated rings. The molecule has 0 unspecified atom stereocenters. The maximum atomic E-state index is 4.54. The van der Waals surface area contributed by atoms with Crippen LogP contribution < -0.4 is 10.9 Å². The Morgan fingerprint density at radius 2 is 1.25 bits per heavy atom. The molecule has 2 N–H and O–H groups in total. The molecule has 24 heavy (non-hydrogen) atoms. The zero-order chi connectivity index (χ0) is 16.8. The van der Waals surface area contributed by atoms with Crippen LogP contribution in [-0.4, -0.2) is 11.4 Å². The Labute approximate surface area is 158 Å². The van der Waals surface area contributed by atoms with Gasteiger partial charge >= 0.3 is 0 Å². The van der Waals surface area contributed by atoms with E-state index in [0.717, 1.165) is 57.4 Å². The highest BCUT2D eigenvalue weighted by Gasteiger charge is 2.13. The Kier molecular flexibility index (Phi) is 6.04. The highest BCUT2D eigenvalue weighted by Crippen LogP contribution is 2.19. The van der Waals surface area contributed by atoms with Gasteiger partial charge in [-0.15, -0.1) is 0 Å². The van der Waals surface area contributed by atoms with Gasteiger partial charge in [-0.05, 0) is 55.7 Å². The van der Waals surface area contributed by atoms with Gasteiger partial charge < -0.3 is 0 Å². The summed E-state index contributed by atoms with van der Waals surface area (Å²) in [6.45, 7) is 0. The molecule has 0 saturated heterocycles. The lowest BCUT2D eigenvalue weighted by atomic mass is 9.97. The Hall–Kier alpha value is -1.66. The maximum absolute atomic E-state index is 4.54.